The topological polar surface area (TPSA) is 9.23 Å². The van der Waals surface area contributed by atoms with E-state index < -0.39 is 12.5 Å². The molecule has 1 aliphatic carbocycles. The van der Waals surface area contributed by atoms with Crippen LogP contribution in [-0.4, -0.2) is 23.5 Å². The first-order valence-electron chi connectivity index (χ1n) is 4.62. The molecule has 1 nitrogen and oxygen atoms in total. The number of hydrogen-bond donors (Lipinski definition) is 0. The molecule has 0 saturated heterocycles. The maximum absolute atomic E-state index is 12.5. The van der Waals surface area contributed by atoms with E-state index in [4.69, 9.17) is 4.74 Å². The third-order valence-electron chi connectivity index (χ3n) is 2.17. The van der Waals surface area contributed by atoms with Gasteiger partial charge in [-0.25, -0.2) is 8.78 Å². The first-order valence-corrected chi connectivity index (χ1v) is 5.54. The van der Waals surface area contributed by atoms with E-state index in [1.165, 1.54) is 0 Å². The molecule has 4 heteroatoms. The summed E-state index contributed by atoms with van der Waals surface area (Å²) >= 11 is 3.45. The molecule has 1 saturated carbocycles. The Morgan fingerprint density at radius 3 is 2.54 bits per heavy atom. The Kier molecular flexibility index (Phi) is 4.10. The van der Waals surface area contributed by atoms with E-state index in [-0.39, 0.29) is 10.9 Å². The van der Waals surface area contributed by atoms with Crippen LogP contribution in [0.1, 0.15) is 32.6 Å². The third kappa shape index (κ3) is 4.36. The maximum atomic E-state index is 12.5. The van der Waals surface area contributed by atoms with E-state index in [9.17, 15) is 8.78 Å². The van der Waals surface area contributed by atoms with Crippen LogP contribution in [0, 0.1) is 0 Å². The van der Waals surface area contributed by atoms with Crippen LogP contribution in [0.3, 0.4) is 0 Å². The Hall–Kier alpha value is 0.300. The van der Waals surface area contributed by atoms with Gasteiger partial charge >= 0.3 is 0 Å². The zero-order valence-electron chi connectivity index (χ0n) is 7.73. The van der Waals surface area contributed by atoms with Crippen molar-refractivity contribution in [3.05, 3.63) is 0 Å². The van der Waals surface area contributed by atoms with Crippen LogP contribution in [0.25, 0.3) is 0 Å². The number of ether oxygens (including phenoxy) is 1. The van der Waals surface area contributed by atoms with Gasteiger partial charge in [0.1, 0.15) is 6.61 Å². The Labute approximate surface area is 86.0 Å². The van der Waals surface area contributed by atoms with Gasteiger partial charge in [-0.3, -0.25) is 0 Å². The molecule has 0 aliphatic heterocycles. The normalized spacial score (nSPS) is 30.5. The van der Waals surface area contributed by atoms with Crippen molar-refractivity contribution in [1.29, 1.82) is 0 Å². The number of halogens is 3. The molecule has 0 aromatic carbocycles. The number of alkyl halides is 3. The molecule has 0 aromatic rings. The summed E-state index contributed by atoms with van der Waals surface area (Å²) in [6, 6.07) is 0. The summed E-state index contributed by atoms with van der Waals surface area (Å²) in [4.78, 5) is 0.253. The second-order valence-corrected chi connectivity index (χ2v) is 4.90. The zero-order valence-corrected chi connectivity index (χ0v) is 9.32. The Morgan fingerprint density at radius 1 is 1.38 bits per heavy atom. The highest BCUT2D eigenvalue weighted by Gasteiger charge is 2.28. The van der Waals surface area contributed by atoms with Crippen molar-refractivity contribution >= 4 is 15.9 Å². The Bertz CT molecular complexity index is 158. The van der Waals surface area contributed by atoms with Crippen LogP contribution < -0.4 is 0 Å². The first-order chi connectivity index (χ1) is 5.99. The first kappa shape index (κ1) is 11.4. The van der Waals surface area contributed by atoms with Crippen molar-refractivity contribution in [2.24, 2.45) is 0 Å². The predicted molar refractivity (Wildman–Crippen MR) is 51.5 cm³/mol. The van der Waals surface area contributed by atoms with Crippen molar-refractivity contribution in [3.63, 3.8) is 0 Å². The van der Waals surface area contributed by atoms with E-state index in [1.807, 2.05) is 0 Å². The lowest BCUT2D eigenvalue weighted by Gasteiger charge is -2.28. The molecule has 1 rings (SSSR count). The van der Waals surface area contributed by atoms with Gasteiger partial charge in [0.25, 0.3) is 5.92 Å². The molecule has 78 valence electrons. The van der Waals surface area contributed by atoms with Crippen LogP contribution >= 0.6 is 15.9 Å². The van der Waals surface area contributed by atoms with Crippen molar-refractivity contribution in [2.45, 2.75) is 49.5 Å². The average molecular weight is 257 g/mol. The highest BCUT2D eigenvalue weighted by Crippen LogP contribution is 2.28. The van der Waals surface area contributed by atoms with Crippen LogP contribution in [0.2, 0.25) is 0 Å². The third-order valence-corrected chi connectivity index (χ3v) is 3.22. The Morgan fingerprint density at radius 2 is 2.00 bits per heavy atom. The van der Waals surface area contributed by atoms with Gasteiger partial charge in [-0.1, -0.05) is 28.8 Å². The number of hydrogen-bond acceptors (Lipinski definition) is 1. The molecule has 2 unspecified atom stereocenters. The molecule has 1 fully saturated rings. The van der Waals surface area contributed by atoms with Crippen LogP contribution in [0.4, 0.5) is 8.78 Å². The van der Waals surface area contributed by atoms with Crippen LogP contribution in [-0.2, 0) is 4.74 Å². The summed E-state index contributed by atoms with van der Waals surface area (Å²) < 4.78 is 30.1. The molecule has 0 N–H and O–H groups in total. The lowest BCUT2D eigenvalue weighted by atomic mass is 9.97. The predicted octanol–water partition coefficient (Wildman–Crippen LogP) is 3.36. The minimum Gasteiger partial charge on any atom is -0.371 e. The molecule has 0 radical (unpaired) electrons. The van der Waals surface area contributed by atoms with Gasteiger partial charge in [0.15, 0.2) is 0 Å². The van der Waals surface area contributed by atoms with E-state index >= 15 is 0 Å². The molecule has 0 heterocycles. The van der Waals surface area contributed by atoms with Crippen molar-refractivity contribution in [1.82, 2.24) is 0 Å². The van der Waals surface area contributed by atoms with Gasteiger partial charge in [-0.15, -0.1) is 0 Å². The van der Waals surface area contributed by atoms with Gasteiger partial charge in [-0.05, 0) is 12.8 Å². The minimum absolute atomic E-state index is 0.0282. The van der Waals surface area contributed by atoms with Crippen molar-refractivity contribution < 1.29 is 13.5 Å². The summed E-state index contributed by atoms with van der Waals surface area (Å²) in [6.07, 6.45) is 4.14. The second-order valence-electron chi connectivity index (χ2n) is 3.72. The van der Waals surface area contributed by atoms with E-state index in [0.29, 0.717) is 0 Å². The fraction of sp³-hybridized carbons (Fsp3) is 1.00. The van der Waals surface area contributed by atoms with Gasteiger partial charge < -0.3 is 4.74 Å². The van der Waals surface area contributed by atoms with Gasteiger partial charge in [0.2, 0.25) is 0 Å². The fourth-order valence-electron chi connectivity index (χ4n) is 1.49. The van der Waals surface area contributed by atoms with E-state index in [0.717, 1.165) is 32.6 Å². The zero-order chi connectivity index (χ0) is 9.90. The van der Waals surface area contributed by atoms with Crippen LogP contribution in [0.15, 0.2) is 0 Å². The lowest BCUT2D eigenvalue weighted by Crippen LogP contribution is -2.32. The van der Waals surface area contributed by atoms with Crippen molar-refractivity contribution in [2.75, 3.05) is 6.61 Å². The summed E-state index contributed by atoms with van der Waals surface area (Å²) in [6.45, 7) is 0.429. The molecule has 2 atom stereocenters. The highest BCUT2D eigenvalue weighted by molar-refractivity contribution is 9.09. The maximum Gasteiger partial charge on any atom is 0.268 e. The smallest absolute Gasteiger partial charge is 0.268 e. The molecule has 0 aromatic heterocycles. The number of rotatable bonds is 3. The highest BCUT2D eigenvalue weighted by atomic mass is 79.9. The summed E-state index contributed by atoms with van der Waals surface area (Å²) in [5.74, 6) is -2.70. The monoisotopic (exact) mass is 256 g/mol. The SMILES string of the molecule is CC(F)(F)COC1CCCCC1Br. The second kappa shape index (κ2) is 4.69. The van der Waals surface area contributed by atoms with Gasteiger partial charge in [0.05, 0.1) is 6.10 Å². The van der Waals surface area contributed by atoms with E-state index in [2.05, 4.69) is 15.9 Å². The Balaban J connectivity index is 2.27. The minimum atomic E-state index is -2.70. The molecule has 13 heavy (non-hydrogen) atoms. The largest absolute Gasteiger partial charge is 0.371 e. The van der Waals surface area contributed by atoms with Crippen LogP contribution in [0.5, 0.6) is 0 Å². The summed E-state index contributed by atoms with van der Waals surface area (Å²) in [5.41, 5.74) is 0. The van der Waals surface area contributed by atoms with Gasteiger partial charge in [-0.2, -0.15) is 0 Å². The average Bonchev–Trinajstić information content (AvgIpc) is 2.01. The molecule has 1 aliphatic rings. The van der Waals surface area contributed by atoms with Gasteiger partial charge in [0, 0.05) is 11.8 Å². The molecule has 0 spiro atoms. The summed E-state index contributed by atoms with van der Waals surface area (Å²) in [5, 5.41) is 0. The fourth-order valence-corrected chi connectivity index (χ4v) is 2.23. The quantitative estimate of drug-likeness (QED) is 0.704. The lowest BCUT2D eigenvalue weighted by molar-refractivity contribution is -0.0918. The van der Waals surface area contributed by atoms with Crippen molar-refractivity contribution in [3.8, 4) is 0 Å². The molecule has 0 bridgehead atoms. The van der Waals surface area contributed by atoms with E-state index in [1.54, 1.807) is 0 Å². The molecular weight excluding hydrogens is 242 g/mol. The molecule has 0 amide bonds. The standard InChI is InChI=1S/C9H15BrF2O/c1-9(11,12)6-13-8-5-3-2-4-7(8)10/h7-8H,2-6H2,1H3. The molecular formula is C9H15BrF2O. The summed E-state index contributed by atoms with van der Waals surface area (Å²) in [7, 11) is 0.